The lowest BCUT2D eigenvalue weighted by molar-refractivity contribution is -0.121. The lowest BCUT2D eigenvalue weighted by Crippen LogP contribution is -2.36. The minimum absolute atomic E-state index is 0.0143. The van der Waals surface area contributed by atoms with Crippen molar-refractivity contribution in [2.45, 2.75) is 45.6 Å². The van der Waals surface area contributed by atoms with E-state index in [4.69, 9.17) is 0 Å². The number of rotatable bonds is 3. The molecule has 0 aromatic carbocycles. The normalized spacial score (nSPS) is 27.2. The highest BCUT2D eigenvalue weighted by molar-refractivity contribution is 5.76. The van der Waals surface area contributed by atoms with Crippen LogP contribution in [0.1, 0.15) is 39.5 Å². The van der Waals surface area contributed by atoms with E-state index in [0.717, 1.165) is 19.3 Å². The topological polar surface area (TPSA) is 46.2 Å². The van der Waals surface area contributed by atoms with E-state index < -0.39 is 0 Å². The monoisotopic (exact) mass is 183 g/mol. The Kier molecular flexibility index (Phi) is 3.46. The second-order valence-corrected chi connectivity index (χ2v) is 3.90. The molecule has 1 fully saturated rings. The first-order valence-corrected chi connectivity index (χ1v) is 4.86. The molecular formula is C10H17NO2. The van der Waals surface area contributed by atoms with Crippen molar-refractivity contribution in [3.63, 3.8) is 0 Å². The summed E-state index contributed by atoms with van der Waals surface area (Å²) < 4.78 is 0. The van der Waals surface area contributed by atoms with Crippen molar-refractivity contribution in [2.24, 2.45) is 5.92 Å². The number of carbonyl (C=O) groups is 2. The highest BCUT2D eigenvalue weighted by atomic mass is 16.1. The van der Waals surface area contributed by atoms with Crippen molar-refractivity contribution >= 4 is 11.7 Å². The van der Waals surface area contributed by atoms with Gasteiger partial charge in [0, 0.05) is 19.4 Å². The molecule has 1 rings (SSSR count). The van der Waals surface area contributed by atoms with Gasteiger partial charge in [-0.25, -0.2) is 0 Å². The molecule has 0 saturated heterocycles. The van der Waals surface area contributed by atoms with Crippen LogP contribution in [0.5, 0.6) is 0 Å². The van der Waals surface area contributed by atoms with Gasteiger partial charge in [-0.2, -0.15) is 0 Å². The van der Waals surface area contributed by atoms with Gasteiger partial charge in [0.15, 0.2) is 0 Å². The zero-order valence-electron chi connectivity index (χ0n) is 8.30. The summed E-state index contributed by atoms with van der Waals surface area (Å²) in [5, 5.41) is 2.91. The highest BCUT2D eigenvalue weighted by Crippen LogP contribution is 2.28. The first-order chi connectivity index (χ1) is 6.09. The van der Waals surface area contributed by atoms with Crippen molar-refractivity contribution in [2.75, 3.05) is 0 Å². The van der Waals surface area contributed by atoms with Gasteiger partial charge in [0.1, 0.15) is 5.78 Å². The Hall–Kier alpha value is -0.860. The molecule has 1 saturated carbocycles. The lowest BCUT2D eigenvalue weighted by atomic mass is 9.97. The molecule has 3 heteroatoms. The molecule has 1 aliphatic rings. The van der Waals surface area contributed by atoms with E-state index >= 15 is 0 Å². The van der Waals surface area contributed by atoms with Crippen LogP contribution in [0.4, 0.5) is 0 Å². The van der Waals surface area contributed by atoms with Gasteiger partial charge < -0.3 is 10.1 Å². The molecular weight excluding hydrogens is 166 g/mol. The van der Waals surface area contributed by atoms with Crippen LogP contribution in [0.15, 0.2) is 0 Å². The molecule has 0 bridgehead atoms. The number of Topliss-reactive ketones (excluding diaryl/α,β-unsaturated/α-hetero) is 1. The largest absolute Gasteiger partial charge is 0.353 e. The minimum atomic E-state index is 0.0143. The van der Waals surface area contributed by atoms with Crippen LogP contribution in [0.3, 0.4) is 0 Å². The fraction of sp³-hybridized carbons (Fsp3) is 0.800. The average Bonchev–Trinajstić information content (AvgIpc) is 2.34. The van der Waals surface area contributed by atoms with Crippen molar-refractivity contribution in [3.8, 4) is 0 Å². The van der Waals surface area contributed by atoms with Gasteiger partial charge in [-0.1, -0.05) is 6.42 Å². The Bertz CT molecular complexity index is 191. The summed E-state index contributed by atoms with van der Waals surface area (Å²) in [7, 11) is 0. The molecule has 3 nitrogen and oxygen atoms in total. The molecule has 1 amide bonds. The predicted octanol–water partition coefficient (Wildman–Crippen LogP) is 1.27. The summed E-state index contributed by atoms with van der Waals surface area (Å²) in [6, 6.07) is 0.237. The van der Waals surface area contributed by atoms with Gasteiger partial charge >= 0.3 is 0 Å². The van der Waals surface area contributed by atoms with Crippen LogP contribution in [0.2, 0.25) is 0 Å². The number of ketones is 1. The van der Waals surface area contributed by atoms with Crippen molar-refractivity contribution in [1.29, 1.82) is 0 Å². The van der Waals surface area contributed by atoms with E-state index in [9.17, 15) is 9.59 Å². The number of nitrogens with one attached hydrogen (secondary N) is 1. The summed E-state index contributed by atoms with van der Waals surface area (Å²) in [6.07, 6.45) is 3.84. The number of hydrogen-bond donors (Lipinski definition) is 1. The molecule has 2 atom stereocenters. The maximum Gasteiger partial charge on any atom is 0.217 e. The fourth-order valence-corrected chi connectivity index (χ4v) is 2.10. The van der Waals surface area contributed by atoms with Gasteiger partial charge in [-0.15, -0.1) is 0 Å². The zero-order chi connectivity index (χ0) is 9.84. The van der Waals surface area contributed by atoms with E-state index in [1.807, 2.05) is 0 Å². The summed E-state index contributed by atoms with van der Waals surface area (Å²) >= 11 is 0. The number of amides is 1. The summed E-state index contributed by atoms with van der Waals surface area (Å²) in [5.74, 6) is 0.615. The Morgan fingerprint density at radius 3 is 2.54 bits per heavy atom. The van der Waals surface area contributed by atoms with Crippen molar-refractivity contribution in [3.05, 3.63) is 0 Å². The molecule has 0 aromatic heterocycles. The molecule has 0 spiro atoms. The maximum absolute atomic E-state index is 10.9. The first-order valence-electron chi connectivity index (χ1n) is 4.86. The molecule has 0 unspecified atom stereocenters. The third-order valence-corrected chi connectivity index (χ3v) is 2.60. The average molecular weight is 183 g/mol. The van der Waals surface area contributed by atoms with Crippen LogP contribution in [-0.4, -0.2) is 17.7 Å². The van der Waals surface area contributed by atoms with Crippen molar-refractivity contribution in [1.82, 2.24) is 5.32 Å². The lowest BCUT2D eigenvalue weighted by Gasteiger charge is -2.18. The molecule has 13 heavy (non-hydrogen) atoms. The van der Waals surface area contributed by atoms with E-state index in [0.29, 0.717) is 12.3 Å². The maximum atomic E-state index is 10.9. The van der Waals surface area contributed by atoms with Crippen LogP contribution in [-0.2, 0) is 9.59 Å². The van der Waals surface area contributed by atoms with E-state index in [1.54, 1.807) is 6.92 Å². The van der Waals surface area contributed by atoms with Crippen LogP contribution in [0, 0.1) is 5.92 Å². The third kappa shape index (κ3) is 3.17. The van der Waals surface area contributed by atoms with E-state index in [-0.39, 0.29) is 17.7 Å². The quantitative estimate of drug-likeness (QED) is 0.716. The van der Waals surface area contributed by atoms with Crippen LogP contribution >= 0.6 is 0 Å². The van der Waals surface area contributed by atoms with Gasteiger partial charge in [0.25, 0.3) is 0 Å². The van der Waals surface area contributed by atoms with Gasteiger partial charge in [0.05, 0.1) is 0 Å². The second kappa shape index (κ2) is 4.40. The summed E-state index contributed by atoms with van der Waals surface area (Å²) in [5.41, 5.74) is 0. The predicted molar refractivity (Wildman–Crippen MR) is 50.2 cm³/mol. The van der Waals surface area contributed by atoms with Crippen LogP contribution in [0.25, 0.3) is 0 Å². The minimum Gasteiger partial charge on any atom is -0.353 e. The van der Waals surface area contributed by atoms with Gasteiger partial charge in [-0.3, -0.25) is 4.79 Å². The number of hydrogen-bond acceptors (Lipinski definition) is 2. The molecule has 0 aliphatic heterocycles. The molecule has 1 aliphatic carbocycles. The number of carbonyl (C=O) groups excluding carboxylic acids is 2. The molecule has 0 radical (unpaired) electrons. The third-order valence-electron chi connectivity index (χ3n) is 2.60. The highest BCUT2D eigenvalue weighted by Gasteiger charge is 2.28. The standard InChI is InChI=1S/C10H17NO2/c1-7(12)6-9-4-3-5-10(9)11-8(2)13/h9-10H,3-6H2,1-2H3,(H,11,13)/t9-,10-/m0/s1. The smallest absolute Gasteiger partial charge is 0.217 e. The van der Waals surface area contributed by atoms with E-state index in [2.05, 4.69) is 5.32 Å². The Balaban J connectivity index is 2.43. The molecule has 74 valence electrons. The SMILES string of the molecule is CC(=O)C[C@@H]1CCC[C@@H]1NC(C)=O. The summed E-state index contributed by atoms with van der Waals surface area (Å²) in [4.78, 5) is 21.8. The molecule has 1 N–H and O–H groups in total. The first kappa shape index (κ1) is 10.2. The van der Waals surface area contributed by atoms with Crippen LogP contribution < -0.4 is 5.32 Å². The summed E-state index contributed by atoms with van der Waals surface area (Å²) in [6.45, 7) is 3.15. The van der Waals surface area contributed by atoms with Crippen molar-refractivity contribution < 1.29 is 9.59 Å². The second-order valence-electron chi connectivity index (χ2n) is 3.90. The van der Waals surface area contributed by atoms with Gasteiger partial charge in [-0.05, 0) is 25.7 Å². The molecule has 0 heterocycles. The Labute approximate surface area is 78.9 Å². The Morgan fingerprint density at radius 2 is 2.00 bits per heavy atom. The molecule has 0 aromatic rings. The fourth-order valence-electron chi connectivity index (χ4n) is 2.10. The Morgan fingerprint density at radius 1 is 1.31 bits per heavy atom. The van der Waals surface area contributed by atoms with Gasteiger partial charge in [0.2, 0.25) is 5.91 Å². The zero-order valence-corrected chi connectivity index (χ0v) is 8.30. The van der Waals surface area contributed by atoms with E-state index in [1.165, 1.54) is 6.92 Å².